The lowest BCUT2D eigenvalue weighted by molar-refractivity contribution is 0.0504. The van der Waals surface area contributed by atoms with Gasteiger partial charge in [-0.1, -0.05) is 29.5 Å². The Morgan fingerprint density at radius 3 is 2.52 bits per heavy atom. The number of thiophene rings is 1. The molecule has 2 aromatic heterocycles. The van der Waals surface area contributed by atoms with Gasteiger partial charge in [-0.3, -0.25) is 4.39 Å². The molecule has 0 unspecified atom stereocenters. The SMILES string of the molecule is FCCc1ccc(-c2ccc(-c3cn([C@H]4CN5CCC4CC5)nn3)s2)cc1. The van der Waals surface area contributed by atoms with Gasteiger partial charge < -0.3 is 4.90 Å². The summed E-state index contributed by atoms with van der Waals surface area (Å²) in [4.78, 5) is 4.89. The molecule has 0 spiro atoms. The molecule has 140 valence electrons. The van der Waals surface area contributed by atoms with Gasteiger partial charge in [0, 0.05) is 17.8 Å². The minimum atomic E-state index is -0.308. The van der Waals surface area contributed by atoms with E-state index in [4.69, 9.17) is 0 Å². The van der Waals surface area contributed by atoms with Crippen molar-refractivity contribution in [2.45, 2.75) is 25.3 Å². The zero-order chi connectivity index (χ0) is 18.2. The fraction of sp³-hybridized carbons (Fsp3) is 0.429. The predicted molar refractivity (Wildman–Crippen MR) is 107 cm³/mol. The number of rotatable bonds is 5. The lowest BCUT2D eigenvalue weighted by Crippen LogP contribution is -2.48. The molecular weight excluding hydrogens is 359 g/mol. The van der Waals surface area contributed by atoms with Gasteiger partial charge in [0.05, 0.1) is 23.8 Å². The van der Waals surface area contributed by atoms with E-state index in [-0.39, 0.29) is 6.67 Å². The Kier molecular flexibility index (Phi) is 4.53. The summed E-state index contributed by atoms with van der Waals surface area (Å²) in [5.74, 6) is 0.742. The lowest BCUT2D eigenvalue weighted by Gasteiger charge is -2.44. The summed E-state index contributed by atoms with van der Waals surface area (Å²) < 4.78 is 14.6. The van der Waals surface area contributed by atoms with Crippen molar-refractivity contribution in [3.05, 3.63) is 48.2 Å². The summed E-state index contributed by atoms with van der Waals surface area (Å²) in [6.07, 6.45) is 5.16. The molecule has 3 aromatic rings. The van der Waals surface area contributed by atoms with Crippen molar-refractivity contribution >= 4 is 11.3 Å². The Morgan fingerprint density at radius 2 is 1.81 bits per heavy atom. The van der Waals surface area contributed by atoms with Crippen molar-refractivity contribution in [2.24, 2.45) is 5.92 Å². The summed E-state index contributed by atoms with van der Waals surface area (Å²) in [5.41, 5.74) is 3.16. The molecule has 3 saturated heterocycles. The molecule has 0 amide bonds. The number of aryl methyl sites for hydroxylation is 1. The van der Waals surface area contributed by atoms with E-state index in [0.29, 0.717) is 12.5 Å². The molecular formula is C21H23FN4S. The first kappa shape index (κ1) is 17.1. The topological polar surface area (TPSA) is 34.0 Å². The van der Waals surface area contributed by atoms with E-state index in [9.17, 15) is 4.39 Å². The largest absolute Gasteiger partial charge is 0.301 e. The third-order valence-corrected chi connectivity index (χ3v) is 7.11. The molecule has 0 aliphatic carbocycles. The molecule has 27 heavy (non-hydrogen) atoms. The molecule has 0 radical (unpaired) electrons. The van der Waals surface area contributed by atoms with Crippen LogP contribution in [0.1, 0.15) is 24.4 Å². The van der Waals surface area contributed by atoms with Gasteiger partial charge >= 0.3 is 0 Å². The summed E-state index contributed by atoms with van der Waals surface area (Å²) in [5, 5.41) is 8.91. The maximum absolute atomic E-state index is 12.5. The predicted octanol–water partition coefficient (Wildman–Crippen LogP) is 4.45. The van der Waals surface area contributed by atoms with Gasteiger partial charge in [-0.25, -0.2) is 4.68 Å². The second kappa shape index (κ2) is 7.17. The third kappa shape index (κ3) is 3.32. The van der Waals surface area contributed by atoms with Crippen LogP contribution in [0, 0.1) is 5.92 Å². The van der Waals surface area contributed by atoms with Crippen LogP contribution in [0.3, 0.4) is 0 Å². The minimum Gasteiger partial charge on any atom is -0.301 e. The number of hydrogen-bond donors (Lipinski definition) is 0. The maximum Gasteiger partial charge on any atom is 0.123 e. The van der Waals surface area contributed by atoms with Crippen molar-refractivity contribution in [3.63, 3.8) is 0 Å². The Labute approximate surface area is 162 Å². The Hall–Kier alpha value is -2.05. The molecule has 2 bridgehead atoms. The van der Waals surface area contributed by atoms with Crippen LogP contribution in [0.15, 0.2) is 42.6 Å². The van der Waals surface area contributed by atoms with Crippen LogP contribution >= 0.6 is 11.3 Å². The van der Waals surface area contributed by atoms with Crippen LogP contribution in [-0.2, 0) is 6.42 Å². The highest BCUT2D eigenvalue weighted by Crippen LogP contribution is 2.37. The van der Waals surface area contributed by atoms with E-state index >= 15 is 0 Å². The van der Waals surface area contributed by atoms with Crippen molar-refractivity contribution in [1.82, 2.24) is 19.9 Å². The van der Waals surface area contributed by atoms with Gasteiger partial charge in [-0.15, -0.1) is 16.4 Å². The van der Waals surface area contributed by atoms with Crippen molar-refractivity contribution < 1.29 is 4.39 Å². The molecule has 0 N–H and O–H groups in total. The normalized spacial score (nSPS) is 24.4. The van der Waals surface area contributed by atoms with Crippen molar-refractivity contribution in [1.29, 1.82) is 0 Å². The molecule has 0 saturated carbocycles. The number of fused-ring (bicyclic) bond motifs is 3. The highest BCUT2D eigenvalue weighted by Gasteiger charge is 2.35. The number of hydrogen-bond acceptors (Lipinski definition) is 4. The first-order chi connectivity index (χ1) is 13.3. The molecule has 5 heterocycles. The van der Waals surface area contributed by atoms with Crippen LogP contribution in [0.4, 0.5) is 4.39 Å². The van der Waals surface area contributed by atoms with E-state index in [2.05, 4.69) is 50.4 Å². The third-order valence-electron chi connectivity index (χ3n) is 5.95. The monoisotopic (exact) mass is 382 g/mol. The van der Waals surface area contributed by atoms with E-state index < -0.39 is 0 Å². The number of halogens is 1. The molecule has 4 nitrogen and oxygen atoms in total. The second-order valence-corrected chi connectivity index (χ2v) is 8.67. The van der Waals surface area contributed by atoms with Gasteiger partial charge in [-0.2, -0.15) is 0 Å². The van der Waals surface area contributed by atoms with E-state index in [1.165, 1.54) is 36.4 Å². The maximum atomic E-state index is 12.5. The molecule has 6 heteroatoms. The minimum absolute atomic E-state index is 0.308. The Morgan fingerprint density at radius 1 is 1.04 bits per heavy atom. The fourth-order valence-corrected chi connectivity index (χ4v) is 5.32. The molecule has 1 atom stereocenters. The Balaban J connectivity index is 1.35. The zero-order valence-electron chi connectivity index (χ0n) is 15.2. The summed E-state index contributed by atoms with van der Waals surface area (Å²) in [6.45, 7) is 3.27. The van der Waals surface area contributed by atoms with E-state index in [0.717, 1.165) is 28.6 Å². The molecule has 3 fully saturated rings. The van der Waals surface area contributed by atoms with Crippen molar-refractivity contribution in [3.8, 4) is 21.0 Å². The first-order valence-electron chi connectivity index (χ1n) is 9.70. The molecule has 3 aliphatic heterocycles. The summed E-state index contributed by atoms with van der Waals surface area (Å²) >= 11 is 1.73. The van der Waals surface area contributed by atoms with Crippen LogP contribution in [-0.4, -0.2) is 46.2 Å². The number of benzene rings is 1. The van der Waals surface area contributed by atoms with Crippen LogP contribution < -0.4 is 0 Å². The van der Waals surface area contributed by atoms with Gasteiger partial charge in [0.25, 0.3) is 0 Å². The highest BCUT2D eigenvalue weighted by atomic mass is 32.1. The molecule has 6 rings (SSSR count). The Bertz CT molecular complexity index is 908. The van der Waals surface area contributed by atoms with Crippen LogP contribution in [0.2, 0.25) is 0 Å². The first-order valence-corrected chi connectivity index (χ1v) is 10.5. The van der Waals surface area contributed by atoms with Gasteiger partial charge in [-0.05, 0) is 55.1 Å². The number of piperidine rings is 3. The number of alkyl halides is 1. The summed E-state index contributed by atoms with van der Waals surface area (Å²) in [7, 11) is 0. The van der Waals surface area contributed by atoms with Gasteiger partial charge in [0.1, 0.15) is 5.69 Å². The number of nitrogens with zero attached hydrogens (tertiary/aromatic N) is 4. The zero-order valence-corrected chi connectivity index (χ0v) is 16.0. The fourth-order valence-electron chi connectivity index (χ4n) is 4.36. The van der Waals surface area contributed by atoms with Crippen LogP contribution in [0.25, 0.3) is 21.0 Å². The van der Waals surface area contributed by atoms with Gasteiger partial charge in [0.2, 0.25) is 0 Å². The molecule has 3 aliphatic rings. The highest BCUT2D eigenvalue weighted by molar-refractivity contribution is 7.18. The second-order valence-electron chi connectivity index (χ2n) is 7.59. The average molecular weight is 383 g/mol. The average Bonchev–Trinajstić information content (AvgIpc) is 3.39. The van der Waals surface area contributed by atoms with E-state index in [1.54, 1.807) is 11.3 Å². The van der Waals surface area contributed by atoms with Crippen molar-refractivity contribution in [2.75, 3.05) is 26.3 Å². The standard InChI is InChI=1S/C21H23FN4S/c22-10-7-15-1-3-17(4-2-15)20-5-6-21(27-20)18-13-26(24-23-18)19-14-25-11-8-16(19)9-12-25/h1-6,13,16,19H,7-12,14H2/t19-/m0/s1. The summed E-state index contributed by atoms with van der Waals surface area (Å²) in [6, 6.07) is 12.9. The van der Waals surface area contributed by atoms with Gasteiger partial charge in [0.15, 0.2) is 0 Å². The quantitative estimate of drug-likeness (QED) is 0.654. The lowest BCUT2D eigenvalue weighted by atomic mass is 9.84. The smallest absolute Gasteiger partial charge is 0.123 e. The van der Waals surface area contributed by atoms with E-state index in [1.807, 2.05) is 12.1 Å². The van der Waals surface area contributed by atoms with Crippen LogP contribution in [0.5, 0.6) is 0 Å². The molecule has 1 aromatic carbocycles. The number of aromatic nitrogens is 3.